The first-order chi connectivity index (χ1) is 7.83. The number of nitrogens with one attached hydrogen (secondary N) is 1. The fraction of sp³-hybridized carbons (Fsp3) is 1.00. The van der Waals surface area contributed by atoms with Crippen LogP contribution in [-0.2, 0) is 10.0 Å². The molecule has 102 valence electrons. The van der Waals surface area contributed by atoms with Gasteiger partial charge in [-0.3, -0.25) is 0 Å². The Morgan fingerprint density at radius 1 is 1.24 bits per heavy atom. The molecule has 0 aromatic rings. The maximum absolute atomic E-state index is 12.2. The van der Waals surface area contributed by atoms with Crippen LogP contribution in [0.5, 0.6) is 0 Å². The van der Waals surface area contributed by atoms with Gasteiger partial charge in [-0.2, -0.15) is 4.31 Å². The highest BCUT2D eigenvalue weighted by Gasteiger charge is 2.31. The van der Waals surface area contributed by atoms with Crippen molar-refractivity contribution in [3.63, 3.8) is 0 Å². The van der Waals surface area contributed by atoms with E-state index in [-0.39, 0.29) is 11.8 Å². The van der Waals surface area contributed by atoms with E-state index in [0.717, 1.165) is 0 Å². The molecular formula is C12H26N2O2S. The minimum Gasteiger partial charge on any atom is -0.313 e. The molecule has 0 aromatic carbocycles. The molecule has 0 heterocycles. The van der Waals surface area contributed by atoms with E-state index in [1.54, 1.807) is 4.31 Å². The topological polar surface area (TPSA) is 49.4 Å². The molecule has 0 aliphatic heterocycles. The van der Waals surface area contributed by atoms with E-state index in [2.05, 4.69) is 5.32 Å². The van der Waals surface area contributed by atoms with Gasteiger partial charge >= 0.3 is 0 Å². The van der Waals surface area contributed by atoms with Crippen molar-refractivity contribution in [1.82, 2.24) is 9.62 Å². The van der Waals surface area contributed by atoms with Gasteiger partial charge in [-0.25, -0.2) is 8.42 Å². The van der Waals surface area contributed by atoms with Gasteiger partial charge in [0.1, 0.15) is 0 Å². The van der Waals surface area contributed by atoms with Gasteiger partial charge in [-0.15, -0.1) is 0 Å². The third-order valence-corrected chi connectivity index (χ3v) is 4.99. The third kappa shape index (κ3) is 5.36. The lowest BCUT2D eigenvalue weighted by Crippen LogP contribution is -2.42. The molecule has 0 spiro atoms. The SMILES string of the molecule is CC(C)NCCS(=O)(=O)N(CC1CC1)C(C)C. The average molecular weight is 262 g/mol. The van der Waals surface area contributed by atoms with Crippen molar-refractivity contribution in [2.45, 2.75) is 52.6 Å². The predicted octanol–water partition coefficient (Wildman–Crippen LogP) is 1.43. The molecule has 5 heteroatoms. The second kappa shape index (κ2) is 6.16. The summed E-state index contributed by atoms with van der Waals surface area (Å²) >= 11 is 0. The molecule has 1 aliphatic carbocycles. The first-order valence-corrected chi connectivity index (χ1v) is 8.16. The van der Waals surface area contributed by atoms with Crippen molar-refractivity contribution in [3.8, 4) is 0 Å². The smallest absolute Gasteiger partial charge is 0.215 e. The van der Waals surface area contributed by atoms with Crippen LogP contribution in [0, 0.1) is 5.92 Å². The van der Waals surface area contributed by atoms with E-state index >= 15 is 0 Å². The summed E-state index contributed by atoms with van der Waals surface area (Å²) in [6, 6.07) is 0.404. The van der Waals surface area contributed by atoms with E-state index < -0.39 is 10.0 Å². The minimum absolute atomic E-state index is 0.0691. The molecule has 4 nitrogen and oxygen atoms in total. The van der Waals surface area contributed by atoms with Gasteiger partial charge in [-0.05, 0) is 32.6 Å². The Morgan fingerprint density at radius 3 is 2.24 bits per heavy atom. The van der Waals surface area contributed by atoms with Gasteiger partial charge < -0.3 is 5.32 Å². The fourth-order valence-corrected chi connectivity index (χ4v) is 3.48. The fourth-order valence-electron chi connectivity index (χ4n) is 1.79. The molecule has 1 fully saturated rings. The van der Waals surface area contributed by atoms with Gasteiger partial charge in [0.25, 0.3) is 0 Å². The second-order valence-corrected chi connectivity index (χ2v) is 7.57. The predicted molar refractivity (Wildman–Crippen MR) is 71.5 cm³/mol. The lowest BCUT2D eigenvalue weighted by atomic mass is 10.3. The number of nitrogens with zero attached hydrogens (tertiary/aromatic N) is 1. The van der Waals surface area contributed by atoms with Crippen LogP contribution in [-0.4, -0.2) is 43.6 Å². The maximum Gasteiger partial charge on any atom is 0.215 e. The van der Waals surface area contributed by atoms with Crippen LogP contribution in [0.1, 0.15) is 40.5 Å². The first-order valence-electron chi connectivity index (χ1n) is 6.56. The van der Waals surface area contributed by atoms with Gasteiger partial charge in [0.05, 0.1) is 5.75 Å². The maximum atomic E-state index is 12.2. The molecule has 0 radical (unpaired) electrons. The van der Waals surface area contributed by atoms with Crippen LogP contribution in [0.15, 0.2) is 0 Å². The quantitative estimate of drug-likeness (QED) is 0.720. The Bertz CT molecular complexity index is 321. The summed E-state index contributed by atoms with van der Waals surface area (Å²) in [4.78, 5) is 0. The van der Waals surface area contributed by atoms with Gasteiger partial charge in [0.2, 0.25) is 10.0 Å². The van der Waals surface area contributed by atoms with Crippen LogP contribution < -0.4 is 5.32 Å². The molecule has 0 aromatic heterocycles. The molecular weight excluding hydrogens is 236 g/mol. The number of hydrogen-bond donors (Lipinski definition) is 1. The summed E-state index contributed by atoms with van der Waals surface area (Å²) in [7, 11) is -3.10. The zero-order chi connectivity index (χ0) is 13.1. The van der Waals surface area contributed by atoms with E-state index in [1.807, 2.05) is 27.7 Å². The van der Waals surface area contributed by atoms with E-state index in [4.69, 9.17) is 0 Å². The van der Waals surface area contributed by atoms with Crippen molar-refractivity contribution in [2.24, 2.45) is 5.92 Å². The van der Waals surface area contributed by atoms with Crippen LogP contribution in [0.25, 0.3) is 0 Å². The molecule has 0 unspecified atom stereocenters. The zero-order valence-electron chi connectivity index (χ0n) is 11.4. The highest BCUT2D eigenvalue weighted by Crippen LogP contribution is 2.31. The first kappa shape index (κ1) is 14.9. The van der Waals surface area contributed by atoms with Crippen molar-refractivity contribution >= 4 is 10.0 Å². The highest BCUT2D eigenvalue weighted by atomic mass is 32.2. The lowest BCUT2D eigenvalue weighted by molar-refractivity contribution is 0.341. The lowest BCUT2D eigenvalue weighted by Gasteiger charge is -2.26. The van der Waals surface area contributed by atoms with Crippen molar-refractivity contribution in [3.05, 3.63) is 0 Å². The summed E-state index contributed by atoms with van der Waals surface area (Å²) in [5.41, 5.74) is 0. The summed E-state index contributed by atoms with van der Waals surface area (Å²) in [6.07, 6.45) is 2.37. The Morgan fingerprint density at radius 2 is 1.82 bits per heavy atom. The van der Waals surface area contributed by atoms with Crippen LogP contribution in [0.4, 0.5) is 0 Å². The van der Waals surface area contributed by atoms with Crippen LogP contribution in [0.2, 0.25) is 0 Å². The molecule has 1 N–H and O–H groups in total. The standard InChI is InChI=1S/C12H26N2O2S/c1-10(2)13-7-8-17(15,16)14(11(3)4)9-12-5-6-12/h10-13H,5-9H2,1-4H3. The van der Waals surface area contributed by atoms with Gasteiger partial charge in [0, 0.05) is 25.2 Å². The van der Waals surface area contributed by atoms with E-state index in [1.165, 1.54) is 12.8 Å². The minimum atomic E-state index is -3.10. The zero-order valence-corrected chi connectivity index (χ0v) is 12.3. The van der Waals surface area contributed by atoms with E-state index in [0.29, 0.717) is 25.0 Å². The highest BCUT2D eigenvalue weighted by molar-refractivity contribution is 7.89. The molecule has 1 saturated carbocycles. The second-order valence-electron chi connectivity index (χ2n) is 5.53. The normalized spacial score (nSPS) is 17.4. The molecule has 1 aliphatic rings. The van der Waals surface area contributed by atoms with Gasteiger partial charge in [0.15, 0.2) is 0 Å². The average Bonchev–Trinajstić information content (AvgIpc) is 2.95. The molecule has 0 amide bonds. The molecule has 17 heavy (non-hydrogen) atoms. The Balaban J connectivity index is 2.50. The summed E-state index contributed by atoms with van der Waals surface area (Å²) < 4.78 is 26.1. The van der Waals surface area contributed by atoms with Gasteiger partial charge in [-0.1, -0.05) is 13.8 Å². The van der Waals surface area contributed by atoms with Crippen LogP contribution in [0.3, 0.4) is 0 Å². The Labute approximate surface area is 106 Å². The van der Waals surface area contributed by atoms with Crippen LogP contribution >= 0.6 is 0 Å². The van der Waals surface area contributed by atoms with Crippen molar-refractivity contribution in [2.75, 3.05) is 18.8 Å². The summed E-state index contributed by atoms with van der Waals surface area (Å²) in [5, 5.41) is 3.16. The number of hydrogen-bond acceptors (Lipinski definition) is 3. The Hall–Kier alpha value is -0.130. The largest absolute Gasteiger partial charge is 0.313 e. The number of sulfonamides is 1. The van der Waals surface area contributed by atoms with Crippen molar-refractivity contribution < 1.29 is 8.42 Å². The summed E-state index contributed by atoms with van der Waals surface area (Å²) in [5.74, 6) is 0.807. The summed E-state index contributed by atoms with van der Waals surface area (Å²) in [6.45, 7) is 9.20. The molecule has 1 rings (SSSR count). The van der Waals surface area contributed by atoms with Crippen molar-refractivity contribution in [1.29, 1.82) is 0 Å². The third-order valence-electron chi connectivity index (χ3n) is 2.98. The molecule has 0 atom stereocenters. The molecule has 0 bridgehead atoms. The van der Waals surface area contributed by atoms with E-state index in [9.17, 15) is 8.42 Å². The molecule has 0 saturated heterocycles. The Kier molecular flexibility index (Phi) is 5.41. The monoisotopic (exact) mass is 262 g/mol. The number of rotatable bonds is 8.